The first-order valence-electron chi connectivity index (χ1n) is 9.98. The molecule has 1 fully saturated rings. The van der Waals surface area contributed by atoms with Crippen molar-refractivity contribution in [2.45, 2.75) is 45.2 Å². The average molecular weight is 448 g/mol. The Bertz CT molecular complexity index is 1130. The van der Waals surface area contributed by atoms with E-state index in [4.69, 9.17) is 8.94 Å². The SMILES string of the molecule is CNC(=O)c1cn(C[C@@H]2CC(F)(F)CN2C(=O)c2ccc(Cc3c(C)noc3C)o2)nn1. The van der Waals surface area contributed by atoms with E-state index in [0.29, 0.717) is 17.9 Å². The van der Waals surface area contributed by atoms with Gasteiger partial charge in [0.15, 0.2) is 11.5 Å². The van der Waals surface area contributed by atoms with Crippen LogP contribution >= 0.6 is 0 Å². The molecule has 12 heteroatoms. The largest absolute Gasteiger partial charge is 0.456 e. The smallest absolute Gasteiger partial charge is 0.290 e. The number of aryl methyl sites for hydroxylation is 2. The molecule has 0 bridgehead atoms. The molecule has 0 spiro atoms. The van der Waals surface area contributed by atoms with Gasteiger partial charge in [-0.3, -0.25) is 9.59 Å². The van der Waals surface area contributed by atoms with Crippen molar-refractivity contribution in [2.24, 2.45) is 0 Å². The number of halogens is 2. The number of likely N-dealkylation sites (tertiary alicyclic amines) is 1. The van der Waals surface area contributed by atoms with Gasteiger partial charge in [0.05, 0.1) is 31.0 Å². The second kappa shape index (κ2) is 8.17. The Hall–Kier alpha value is -3.57. The lowest BCUT2D eigenvalue weighted by molar-refractivity contribution is 0.0113. The highest BCUT2D eigenvalue weighted by molar-refractivity contribution is 5.92. The number of rotatable bonds is 6. The minimum atomic E-state index is -3.04. The highest BCUT2D eigenvalue weighted by Gasteiger charge is 2.48. The van der Waals surface area contributed by atoms with E-state index in [1.807, 2.05) is 0 Å². The monoisotopic (exact) mass is 448 g/mol. The van der Waals surface area contributed by atoms with Gasteiger partial charge in [-0.2, -0.15) is 0 Å². The lowest BCUT2D eigenvalue weighted by atomic mass is 10.1. The number of nitrogens with zero attached hydrogens (tertiary/aromatic N) is 5. The summed E-state index contributed by atoms with van der Waals surface area (Å²) in [6, 6.07) is 2.27. The van der Waals surface area contributed by atoms with Crippen molar-refractivity contribution in [3.05, 3.63) is 52.6 Å². The summed E-state index contributed by atoms with van der Waals surface area (Å²) < 4.78 is 40.5. The van der Waals surface area contributed by atoms with Crippen LogP contribution in [-0.4, -0.2) is 62.4 Å². The van der Waals surface area contributed by atoms with Gasteiger partial charge in [0, 0.05) is 25.5 Å². The third-order valence-corrected chi connectivity index (χ3v) is 5.44. The van der Waals surface area contributed by atoms with Crippen molar-refractivity contribution in [3.8, 4) is 0 Å². The molecular weight excluding hydrogens is 426 g/mol. The maximum Gasteiger partial charge on any atom is 0.290 e. The Morgan fingerprint density at radius 3 is 2.78 bits per heavy atom. The predicted octanol–water partition coefficient (Wildman–Crippen LogP) is 1.98. The van der Waals surface area contributed by atoms with E-state index in [1.165, 1.54) is 24.0 Å². The minimum absolute atomic E-state index is 0.0286. The summed E-state index contributed by atoms with van der Waals surface area (Å²) >= 11 is 0. The van der Waals surface area contributed by atoms with Gasteiger partial charge >= 0.3 is 0 Å². The molecule has 4 heterocycles. The number of furan rings is 1. The molecule has 1 aliphatic rings. The van der Waals surface area contributed by atoms with Crippen molar-refractivity contribution < 1.29 is 27.3 Å². The second-order valence-corrected chi connectivity index (χ2v) is 7.80. The molecule has 2 amide bonds. The molecule has 10 nitrogen and oxygen atoms in total. The molecule has 0 unspecified atom stereocenters. The Kier molecular flexibility index (Phi) is 5.53. The molecule has 3 aromatic rings. The fourth-order valence-electron chi connectivity index (χ4n) is 3.79. The summed E-state index contributed by atoms with van der Waals surface area (Å²) in [6.45, 7) is 2.82. The third-order valence-electron chi connectivity index (χ3n) is 5.44. The zero-order valence-electron chi connectivity index (χ0n) is 17.8. The van der Waals surface area contributed by atoms with Crippen LogP contribution < -0.4 is 5.32 Å². The number of carbonyl (C=O) groups is 2. The van der Waals surface area contributed by atoms with Gasteiger partial charge in [0.2, 0.25) is 0 Å². The van der Waals surface area contributed by atoms with E-state index in [2.05, 4.69) is 20.8 Å². The minimum Gasteiger partial charge on any atom is -0.456 e. The normalized spacial score (nSPS) is 17.7. The molecule has 0 aromatic carbocycles. The van der Waals surface area contributed by atoms with Crippen molar-refractivity contribution in [1.29, 1.82) is 0 Å². The zero-order chi connectivity index (χ0) is 23.0. The number of nitrogens with one attached hydrogen (secondary N) is 1. The summed E-state index contributed by atoms with van der Waals surface area (Å²) in [7, 11) is 1.45. The van der Waals surface area contributed by atoms with Crippen LogP contribution in [0.5, 0.6) is 0 Å². The standard InChI is InChI=1S/C20H22F2N6O4/c1-11-15(12(2)32-25-11)6-14-4-5-17(31-14)19(30)28-10-20(21,22)7-13(28)8-27-9-16(24-26-27)18(29)23-3/h4-5,9,13H,6-8,10H2,1-3H3,(H,23,29)/t13-/m0/s1. The number of aromatic nitrogens is 4. The molecule has 170 valence electrons. The van der Waals surface area contributed by atoms with Crippen LogP contribution in [0, 0.1) is 13.8 Å². The number of alkyl halides is 2. The Labute approximate surface area is 181 Å². The Balaban J connectivity index is 1.50. The topological polar surface area (TPSA) is 119 Å². The van der Waals surface area contributed by atoms with E-state index >= 15 is 0 Å². The van der Waals surface area contributed by atoms with E-state index in [9.17, 15) is 18.4 Å². The molecule has 0 saturated carbocycles. The summed E-state index contributed by atoms with van der Waals surface area (Å²) in [5.41, 5.74) is 1.63. The number of carbonyl (C=O) groups excluding carboxylic acids is 2. The van der Waals surface area contributed by atoms with E-state index < -0.39 is 36.7 Å². The van der Waals surface area contributed by atoms with Crippen molar-refractivity contribution in [3.63, 3.8) is 0 Å². The zero-order valence-corrected chi connectivity index (χ0v) is 17.8. The fraction of sp³-hybridized carbons (Fsp3) is 0.450. The van der Waals surface area contributed by atoms with E-state index in [1.54, 1.807) is 19.9 Å². The molecule has 1 saturated heterocycles. The van der Waals surface area contributed by atoms with Crippen LogP contribution in [0.1, 0.15) is 50.2 Å². The van der Waals surface area contributed by atoms with Gasteiger partial charge in [-0.15, -0.1) is 5.10 Å². The summed E-state index contributed by atoms with van der Waals surface area (Å²) in [6.07, 6.45) is 1.20. The van der Waals surface area contributed by atoms with E-state index in [-0.39, 0.29) is 18.0 Å². The molecule has 1 atom stereocenters. The van der Waals surface area contributed by atoms with Crippen molar-refractivity contribution in [1.82, 2.24) is 30.4 Å². The Morgan fingerprint density at radius 1 is 1.31 bits per heavy atom. The summed E-state index contributed by atoms with van der Waals surface area (Å²) in [5.74, 6) is -3.01. The highest BCUT2D eigenvalue weighted by atomic mass is 19.3. The summed E-state index contributed by atoms with van der Waals surface area (Å²) in [5, 5.41) is 13.8. The van der Waals surface area contributed by atoms with Gasteiger partial charge < -0.3 is 19.2 Å². The molecular formula is C20H22F2N6O4. The molecule has 0 aliphatic carbocycles. The quantitative estimate of drug-likeness (QED) is 0.612. The van der Waals surface area contributed by atoms with Gasteiger partial charge in [-0.25, -0.2) is 13.5 Å². The van der Waals surface area contributed by atoms with E-state index in [0.717, 1.165) is 16.2 Å². The number of hydrogen-bond acceptors (Lipinski definition) is 7. The maximum atomic E-state index is 14.2. The van der Waals surface area contributed by atoms with Crippen molar-refractivity contribution >= 4 is 11.8 Å². The molecule has 1 N–H and O–H groups in total. The third kappa shape index (κ3) is 4.25. The molecule has 0 radical (unpaired) electrons. The first-order valence-corrected chi connectivity index (χ1v) is 9.98. The Morgan fingerprint density at radius 2 is 2.09 bits per heavy atom. The first-order chi connectivity index (χ1) is 15.2. The molecule has 4 rings (SSSR count). The van der Waals surface area contributed by atoms with Gasteiger partial charge in [-0.05, 0) is 26.0 Å². The summed E-state index contributed by atoms with van der Waals surface area (Å²) in [4.78, 5) is 25.7. The van der Waals surface area contributed by atoms with Crippen LogP contribution in [0.3, 0.4) is 0 Å². The lowest BCUT2D eigenvalue weighted by Gasteiger charge is -2.22. The number of amides is 2. The maximum absolute atomic E-state index is 14.2. The molecule has 1 aliphatic heterocycles. The second-order valence-electron chi connectivity index (χ2n) is 7.80. The highest BCUT2D eigenvalue weighted by Crippen LogP contribution is 2.34. The number of hydrogen-bond donors (Lipinski definition) is 1. The van der Waals surface area contributed by atoms with Crippen LogP contribution in [0.2, 0.25) is 0 Å². The van der Waals surface area contributed by atoms with Gasteiger partial charge in [0.25, 0.3) is 17.7 Å². The lowest BCUT2D eigenvalue weighted by Crippen LogP contribution is -2.38. The van der Waals surface area contributed by atoms with Gasteiger partial charge in [0.1, 0.15) is 11.5 Å². The predicted molar refractivity (Wildman–Crippen MR) is 105 cm³/mol. The van der Waals surface area contributed by atoms with Crippen LogP contribution in [-0.2, 0) is 13.0 Å². The first kappa shape index (κ1) is 21.7. The molecule has 32 heavy (non-hydrogen) atoms. The van der Waals surface area contributed by atoms with Crippen LogP contribution in [0.4, 0.5) is 8.78 Å². The fourth-order valence-corrected chi connectivity index (χ4v) is 3.79. The van der Waals surface area contributed by atoms with Gasteiger partial charge in [-0.1, -0.05) is 10.4 Å². The van der Waals surface area contributed by atoms with Crippen LogP contribution in [0.25, 0.3) is 0 Å². The molecule has 3 aromatic heterocycles. The average Bonchev–Trinajstić information content (AvgIpc) is 3.52. The van der Waals surface area contributed by atoms with Crippen LogP contribution in [0.15, 0.2) is 27.3 Å². The van der Waals surface area contributed by atoms with Crippen molar-refractivity contribution in [2.75, 3.05) is 13.6 Å².